The third-order valence-corrected chi connectivity index (χ3v) is 2.67. The molecule has 0 fully saturated rings. The molecule has 0 amide bonds. The number of hydrogen-bond acceptors (Lipinski definition) is 4. The van der Waals surface area contributed by atoms with Gasteiger partial charge in [-0.3, -0.25) is 0 Å². The van der Waals surface area contributed by atoms with E-state index in [2.05, 4.69) is 5.16 Å². The monoisotopic (exact) mass is 217 g/mol. The average Bonchev–Trinajstić information content (AvgIpc) is 2.07. The van der Waals surface area contributed by atoms with Crippen molar-refractivity contribution in [2.75, 3.05) is 6.26 Å². The molecule has 14 heavy (non-hydrogen) atoms. The van der Waals surface area contributed by atoms with Gasteiger partial charge < -0.3 is 5.21 Å². The molecular formula is C8H8FNO3S. The Morgan fingerprint density at radius 1 is 1.50 bits per heavy atom. The van der Waals surface area contributed by atoms with Crippen molar-refractivity contribution in [3.63, 3.8) is 0 Å². The third kappa shape index (κ3) is 2.29. The summed E-state index contributed by atoms with van der Waals surface area (Å²) in [6.45, 7) is 0. The maximum atomic E-state index is 13.0. The zero-order valence-electron chi connectivity index (χ0n) is 7.31. The zero-order chi connectivity index (χ0) is 10.8. The van der Waals surface area contributed by atoms with Crippen LogP contribution in [0, 0.1) is 5.82 Å². The molecule has 0 saturated heterocycles. The molecule has 1 N–H and O–H groups in total. The van der Waals surface area contributed by atoms with E-state index in [0.29, 0.717) is 5.56 Å². The fourth-order valence-corrected chi connectivity index (χ4v) is 1.72. The lowest BCUT2D eigenvalue weighted by atomic mass is 10.2. The van der Waals surface area contributed by atoms with E-state index in [0.717, 1.165) is 24.6 Å². The Morgan fingerprint density at radius 2 is 2.14 bits per heavy atom. The quantitative estimate of drug-likeness (QED) is 0.457. The molecule has 0 saturated carbocycles. The number of hydrogen-bond donors (Lipinski definition) is 1. The summed E-state index contributed by atoms with van der Waals surface area (Å²) in [7, 11) is -3.59. The summed E-state index contributed by atoms with van der Waals surface area (Å²) < 4.78 is 35.1. The molecule has 0 atom stereocenters. The van der Waals surface area contributed by atoms with Crippen molar-refractivity contribution < 1.29 is 18.0 Å². The van der Waals surface area contributed by atoms with Gasteiger partial charge in [0.2, 0.25) is 0 Å². The highest BCUT2D eigenvalue weighted by atomic mass is 32.2. The normalized spacial score (nSPS) is 12.1. The van der Waals surface area contributed by atoms with E-state index in [-0.39, 0.29) is 0 Å². The van der Waals surface area contributed by atoms with Crippen molar-refractivity contribution in [1.82, 2.24) is 0 Å². The number of halogens is 1. The van der Waals surface area contributed by atoms with E-state index in [4.69, 9.17) is 5.21 Å². The van der Waals surface area contributed by atoms with Crippen molar-refractivity contribution in [3.8, 4) is 0 Å². The maximum Gasteiger partial charge on any atom is 0.178 e. The van der Waals surface area contributed by atoms with Gasteiger partial charge in [-0.05, 0) is 17.7 Å². The predicted octanol–water partition coefficient (Wildman–Crippen LogP) is 1.04. The molecule has 0 bridgehead atoms. The zero-order valence-corrected chi connectivity index (χ0v) is 8.12. The Hall–Kier alpha value is -1.43. The largest absolute Gasteiger partial charge is 0.411 e. The Balaban J connectivity index is 3.36. The predicted molar refractivity (Wildman–Crippen MR) is 48.9 cm³/mol. The van der Waals surface area contributed by atoms with Gasteiger partial charge in [0.1, 0.15) is 10.7 Å². The van der Waals surface area contributed by atoms with E-state index >= 15 is 0 Å². The molecule has 4 nitrogen and oxygen atoms in total. The Bertz CT molecular complexity index is 467. The third-order valence-electron chi connectivity index (χ3n) is 1.56. The van der Waals surface area contributed by atoms with Crippen LogP contribution < -0.4 is 0 Å². The van der Waals surface area contributed by atoms with Gasteiger partial charge in [0, 0.05) is 6.26 Å². The van der Waals surface area contributed by atoms with Gasteiger partial charge in [0.05, 0.1) is 6.21 Å². The summed E-state index contributed by atoms with van der Waals surface area (Å²) in [6.07, 6.45) is 1.93. The molecule has 0 aliphatic rings. The molecule has 0 spiro atoms. The summed E-state index contributed by atoms with van der Waals surface area (Å²) in [5, 5.41) is 10.9. The molecule has 1 aromatic rings. The number of benzene rings is 1. The number of oxime groups is 1. The van der Waals surface area contributed by atoms with Crippen LogP contribution >= 0.6 is 0 Å². The second kappa shape index (κ2) is 3.75. The number of sulfone groups is 1. The van der Waals surface area contributed by atoms with Gasteiger partial charge in [0.25, 0.3) is 0 Å². The smallest absolute Gasteiger partial charge is 0.178 e. The Morgan fingerprint density at radius 3 is 2.64 bits per heavy atom. The molecular weight excluding hydrogens is 209 g/mol. The minimum absolute atomic E-state index is 0.314. The molecule has 0 radical (unpaired) electrons. The molecule has 1 aromatic carbocycles. The first-order valence-corrected chi connectivity index (χ1v) is 5.51. The summed E-state index contributed by atoms with van der Waals surface area (Å²) in [4.78, 5) is -0.407. The standard InChI is InChI=1S/C8H8FNO3S/c1-14(12,13)8-4-6(5-10-11)2-3-7(8)9/h2-5,11H,1H3/b10-5+. The first-order valence-electron chi connectivity index (χ1n) is 3.62. The second-order valence-corrected chi connectivity index (χ2v) is 4.69. The fourth-order valence-electron chi connectivity index (χ4n) is 0.951. The van der Waals surface area contributed by atoms with E-state index in [1.807, 2.05) is 0 Å². The lowest BCUT2D eigenvalue weighted by Gasteiger charge is -2.00. The molecule has 0 aliphatic carbocycles. The first kappa shape index (κ1) is 10.6. The van der Waals surface area contributed by atoms with E-state index in [9.17, 15) is 12.8 Å². The van der Waals surface area contributed by atoms with Crippen LogP contribution in [0.5, 0.6) is 0 Å². The van der Waals surface area contributed by atoms with Crippen LogP contribution in [-0.4, -0.2) is 26.1 Å². The highest BCUT2D eigenvalue weighted by molar-refractivity contribution is 7.90. The molecule has 0 aromatic heterocycles. The minimum atomic E-state index is -3.59. The molecule has 1 rings (SSSR count). The van der Waals surface area contributed by atoms with Gasteiger partial charge in [-0.2, -0.15) is 0 Å². The SMILES string of the molecule is CS(=O)(=O)c1cc(/C=N/O)ccc1F. The van der Waals surface area contributed by atoms with Crippen molar-refractivity contribution in [3.05, 3.63) is 29.6 Å². The highest BCUT2D eigenvalue weighted by Crippen LogP contribution is 2.15. The van der Waals surface area contributed by atoms with Crippen LogP contribution in [0.3, 0.4) is 0 Å². The van der Waals surface area contributed by atoms with Crippen LogP contribution in [0.15, 0.2) is 28.3 Å². The van der Waals surface area contributed by atoms with Crippen LogP contribution in [0.25, 0.3) is 0 Å². The van der Waals surface area contributed by atoms with E-state index in [1.54, 1.807) is 0 Å². The van der Waals surface area contributed by atoms with Crippen molar-refractivity contribution in [2.45, 2.75) is 4.90 Å². The molecule has 6 heteroatoms. The van der Waals surface area contributed by atoms with Crippen molar-refractivity contribution >= 4 is 16.1 Å². The van der Waals surface area contributed by atoms with Gasteiger partial charge in [-0.1, -0.05) is 11.2 Å². The maximum absolute atomic E-state index is 13.0. The molecule has 0 aliphatic heterocycles. The van der Waals surface area contributed by atoms with E-state index in [1.165, 1.54) is 6.07 Å². The second-order valence-electron chi connectivity index (χ2n) is 2.71. The first-order chi connectivity index (χ1) is 6.45. The summed E-state index contributed by atoms with van der Waals surface area (Å²) in [5.41, 5.74) is 0.314. The lowest BCUT2D eigenvalue weighted by Crippen LogP contribution is -2.01. The van der Waals surface area contributed by atoms with Gasteiger partial charge in [-0.15, -0.1) is 0 Å². The number of nitrogens with zero attached hydrogens (tertiary/aromatic N) is 1. The number of rotatable bonds is 2. The average molecular weight is 217 g/mol. The fraction of sp³-hybridized carbons (Fsp3) is 0.125. The van der Waals surface area contributed by atoms with Crippen molar-refractivity contribution in [2.24, 2.45) is 5.16 Å². The Labute approximate surface area is 80.6 Å². The lowest BCUT2D eigenvalue weighted by molar-refractivity contribution is 0.322. The van der Waals surface area contributed by atoms with Gasteiger partial charge >= 0.3 is 0 Å². The molecule has 0 heterocycles. The topological polar surface area (TPSA) is 66.7 Å². The Kier molecular flexibility index (Phi) is 2.85. The minimum Gasteiger partial charge on any atom is -0.411 e. The van der Waals surface area contributed by atoms with E-state index < -0.39 is 20.5 Å². The highest BCUT2D eigenvalue weighted by Gasteiger charge is 2.13. The summed E-state index contributed by atoms with van der Waals surface area (Å²) in [6, 6.07) is 3.42. The van der Waals surface area contributed by atoms with Crippen LogP contribution in [0.4, 0.5) is 4.39 Å². The van der Waals surface area contributed by atoms with Crippen LogP contribution in [0.2, 0.25) is 0 Å². The summed E-state index contributed by atoms with van der Waals surface area (Å²) >= 11 is 0. The molecule has 76 valence electrons. The van der Waals surface area contributed by atoms with Crippen molar-refractivity contribution in [1.29, 1.82) is 0 Å². The van der Waals surface area contributed by atoms with Crippen LogP contribution in [0.1, 0.15) is 5.56 Å². The summed E-state index contributed by atoms with van der Waals surface area (Å²) in [5.74, 6) is -0.817. The van der Waals surface area contributed by atoms with Crippen LogP contribution in [-0.2, 0) is 9.84 Å². The molecule has 0 unspecified atom stereocenters. The van der Waals surface area contributed by atoms with Gasteiger partial charge in [-0.25, -0.2) is 12.8 Å². The van der Waals surface area contributed by atoms with Gasteiger partial charge in [0.15, 0.2) is 9.84 Å².